The van der Waals surface area contributed by atoms with Crippen molar-refractivity contribution in [2.24, 2.45) is 0 Å². The lowest BCUT2D eigenvalue weighted by Crippen LogP contribution is -2.43. The third-order valence-corrected chi connectivity index (χ3v) is 5.59. The number of rotatable bonds is 3. The van der Waals surface area contributed by atoms with Gasteiger partial charge in [-0.2, -0.15) is 0 Å². The Labute approximate surface area is 179 Å². The van der Waals surface area contributed by atoms with E-state index in [1.165, 1.54) is 7.11 Å². The Hall–Kier alpha value is -4.12. The minimum Gasteiger partial charge on any atom is -0.465 e. The molecule has 1 N–H and O–H groups in total. The van der Waals surface area contributed by atoms with Crippen molar-refractivity contribution in [2.75, 3.05) is 17.3 Å². The molecule has 0 saturated heterocycles. The summed E-state index contributed by atoms with van der Waals surface area (Å²) in [5.74, 6) is -0.470. The summed E-state index contributed by atoms with van der Waals surface area (Å²) < 4.78 is 4.80. The van der Waals surface area contributed by atoms with Crippen molar-refractivity contribution in [2.45, 2.75) is 6.17 Å². The Morgan fingerprint density at radius 1 is 0.871 bits per heavy atom. The lowest BCUT2D eigenvalue weighted by molar-refractivity contribution is 0.0600. The van der Waals surface area contributed by atoms with Crippen molar-refractivity contribution in [3.63, 3.8) is 0 Å². The normalized spacial score (nSPS) is 15.3. The molecule has 1 aliphatic rings. The molecule has 5 heteroatoms. The molecule has 1 heterocycles. The third-order valence-electron chi connectivity index (χ3n) is 5.59. The quantitative estimate of drug-likeness (QED) is 0.461. The number of nitrogens with zero attached hydrogens (tertiary/aromatic N) is 1. The molecule has 0 aliphatic carbocycles. The van der Waals surface area contributed by atoms with Crippen LogP contribution in [0.2, 0.25) is 0 Å². The van der Waals surface area contributed by atoms with Crippen molar-refractivity contribution in [3.8, 4) is 0 Å². The minimum absolute atomic E-state index is 0.0772. The van der Waals surface area contributed by atoms with Crippen LogP contribution in [0.1, 0.15) is 32.4 Å². The fourth-order valence-corrected chi connectivity index (χ4v) is 4.00. The van der Waals surface area contributed by atoms with Crippen LogP contribution in [0.4, 0.5) is 11.4 Å². The first-order valence-corrected chi connectivity index (χ1v) is 10.0. The van der Waals surface area contributed by atoms with E-state index in [9.17, 15) is 9.59 Å². The molecule has 0 fully saturated rings. The zero-order valence-electron chi connectivity index (χ0n) is 16.9. The van der Waals surface area contributed by atoms with Crippen molar-refractivity contribution in [1.82, 2.24) is 0 Å². The van der Waals surface area contributed by atoms with Crippen LogP contribution in [0.15, 0.2) is 91.0 Å². The van der Waals surface area contributed by atoms with Crippen LogP contribution in [-0.2, 0) is 4.74 Å². The topological polar surface area (TPSA) is 58.6 Å². The average molecular weight is 408 g/mol. The van der Waals surface area contributed by atoms with E-state index in [2.05, 4.69) is 5.32 Å². The first-order chi connectivity index (χ1) is 15.2. The SMILES string of the molecule is COC(=O)c1ccc([C@@H]2Nc3ccccc3C(=O)N2c2ccc3ccccc3c2)cc1. The van der Waals surface area contributed by atoms with Crippen molar-refractivity contribution < 1.29 is 14.3 Å². The van der Waals surface area contributed by atoms with Gasteiger partial charge in [-0.15, -0.1) is 0 Å². The van der Waals surface area contributed by atoms with Crippen LogP contribution in [0.25, 0.3) is 10.8 Å². The molecule has 4 aromatic carbocycles. The second-order valence-corrected chi connectivity index (χ2v) is 7.41. The van der Waals surface area contributed by atoms with Crippen molar-refractivity contribution >= 4 is 34.0 Å². The number of anilines is 2. The summed E-state index contributed by atoms with van der Waals surface area (Å²) in [6, 6.07) is 28.7. The maximum absolute atomic E-state index is 13.6. The smallest absolute Gasteiger partial charge is 0.337 e. The largest absolute Gasteiger partial charge is 0.465 e. The Morgan fingerprint density at radius 2 is 1.58 bits per heavy atom. The molecule has 4 aromatic rings. The highest BCUT2D eigenvalue weighted by Crippen LogP contribution is 2.37. The first-order valence-electron chi connectivity index (χ1n) is 10.0. The van der Waals surface area contributed by atoms with Gasteiger partial charge in [0.05, 0.1) is 18.2 Å². The number of fused-ring (bicyclic) bond motifs is 2. The highest BCUT2D eigenvalue weighted by molar-refractivity contribution is 6.12. The number of methoxy groups -OCH3 is 1. The van der Waals surface area contributed by atoms with E-state index in [-0.39, 0.29) is 5.91 Å². The van der Waals surface area contributed by atoms with Gasteiger partial charge in [-0.3, -0.25) is 9.69 Å². The first kappa shape index (κ1) is 18.9. The number of amides is 1. The van der Waals surface area contributed by atoms with E-state index in [0.717, 1.165) is 27.7 Å². The van der Waals surface area contributed by atoms with Gasteiger partial charge in [0.15, 0.2) is 0 Å². The molecule has 1 amide bonds. The summed E-state index contributed by atoms with van der Waals surface area (Å²) in [4.78, 5) is 27.2. The van der Waals surface area contributed by atoms with Crippen LogP contribution in [-0.4, -0.2) is 19.0 Å². The summed E-state index contributed by atoms with van der Waals surface area (Å²) in [5, 5.41) is 5.67. The van der Waals surface area contributed by atoms with E-state index in [1.54, 1.807) is 17.0 Å². The monoisotopic (exact) mass is 408 g/mol. The molecule has 1 atom stereocenters. The maximum Gasteiger partial charge on any atom is 0.337 e. The van der Waals surface area contributed by atoms with Gasteiger partial charge < -0.3 is 10.1 Å². The highest BCUT2D eigenvalue weighted by Gasteiger charge is 2.34. The summed E-state index contributed by atoms with van der Waals surface area (Å²) in [6.07, 6.45) is -0.421. The minimum atomic E-state index is -0.421. The van der Waals surface area contributed by atoms with Gasteiger partial charge in [-0.1, -0.05) is 54.6 Å². The van der Waals surface area contributed by atoms with Crippen LogP contribution in [0.5, 0.6) is 0 Å². The van der Waals surface area contributed by atoms with Gasteiger partial charge in [0, 0.05) is 11.4 Å². The zero-order valence-corrected chi connectivity index (χ0v) is 16.9. The summed E-state index contributed by atoms with van der Waals surface area (Å²) in [6.45, 7) is 0. The van der Waals surface area contributed by atoms with Crippen LogP contribution in [0, 0.1) is 0 Å². The van der Waals surface area contributed by atoms with Crippen molar-refractivity contribution in [1.29, 1.82) is 0 Å². The lowest BCUT2D eigenvalue weighted by Gasteiger charge is -2.38. The Morgan fingerprint density at radius 3 is 2.35 bits per heavy atom. The number of ether oxygens (including phenoxy) is 1. The number of hydrogen-bond donors (Lipinski definition) is 1. The van der Waals surface area contributed by atoms with E-state index < -0.39 is 12.1 Å². The van der Waals surface area contributed by atoms with Gasteiger partial charge in [-0.25, -0.2) is 4.79 Å². The Balaban J connectivity index is 1.63. The lowest BCUT2D eigenvalue weighted by atomic mass is 10.0. The van der Waals surface area contributed by atoms with Crippen molar-refractivity contribution in [3.05, 3.63) is 108 Å². The highest BCUT2D eigenvalue weighted by atomic mass is 16.5. The summed E-state index contributed by atoms with van der Waals surface area (Å²) >= 11 is 0. The van der Waals surface area contributed by atoms with Crippen LogP contribution >= 0.6 is 0 Å². The molecule has 0 aromatic heterocycles. The van der Waals surface area contributed by atoms with Gasteiger partial charge in [0.2, 0.25) is 0 Å². The maximum atomic E-state index is 13.6. The molecule has 0 radical (unpaired) electrons. The summed E-state index contributed by atoms with van der Waals surface area (Å²) in [5.41, 5.74) is 3.53. The second-order valence-electron chi connectivity index (χ2n) is 7.41. The molecule has 5 rings (SSSR count). The molecule has 0 spiro atoms. The molecule has 0 saturated carbocycles. The fourth-order valence-electron chi connectivity index (χ4n) is 4.00. The number of hydrogen-bond acceptors (Lipinski definition) is 4. The predicted molar refractivity (Wildman–Crippen MR) is 121 cm³/mol. The molecule has 152 valence electrons. The van der Waals surface area contributed by atoms with E-state index in [0.29, 0.717) is 11.1 Å². The van der Waals surface area contributed by atoms with Crippen LogP contribution in [0.3, 0.4) is 0 Å². The fraction of sp³-hybridized carbons (Fsp3) is 0.0769. The number of esters is 1. The van der Waals surface area contributed by atoms with Gasteiger partial charge in [-0.05, 0) is 52.7 Å². The molecule has 0 unspecified atom stereocenters. The number of carbonyl (C=O) groups is 2. The third kappa shape index (κ3) is 3.30. The van der Waals surface area contributed by atoms with Gasteiger partial charge >= 0.3 is 5.97 Å². The van der Waals surface area contributed by atoms with Gasteiger partial charge in [0.1, 0.15) is 6.17 Å². The Kier molecular flexibility index (Phi) is 4.64. The molecule has 5 nitrogen and oxygen atoms in total. The number of para-hydroxylation sites is 1. The molecular formula is C26H20N2O3. The van der Waals surface area contributed by atoms with E-state index in [4.69, 9.17) is 4.74 Å². The zero-order chi connectivity index (χ0) is 21.4. The second kappa shape index (κ2) is 7.61. The standard InChI is InChI=1S/C26H20N2O3/c1-31-26(30)19-12-10-18(11-13-19)24-27-23-9-5-4-8-22(23)25(29)28(24)21-15-14-17-6-2-3-7-20(17)16-21/h2-16,24,27H,1H3/t24-/m1/s1. The predicted octanol–water partition coefficient (Wildman–Crippen LogP) is 5.40. The summed E-state index contributed by atoms with van der Waals surface area (Å²) in [7, 11) is 1.36. The van der Waals surface area contributed by atoms with Gasteiger partial charge in [0.25, 0.3) is 5.91 Å². The van der Waals surface area contributed by atoms with E-state index in [1.807, 2.05) is 78.9 Å². The molecule has 0 bridgehead atoms. The number of benzene rings is 4. The van der Waals surface area contributed by atoms with Crippen LogP contribution < -0.4 is 10.2 Å². The Bertz CT molecular complexity index is 1300. The average Bonchev–Trinajstić information content (AvgIpc) is 2.83. The van der Waals surface area contributed by atoms with E-state index >= 15 is 0 Å². The number of carbonyl (C=O) groups excluding carboxylic acids is 2. The molecule has 31 heavy (non-hydrogen) atoms. The molecule has 1 aliphatic heterocycles. The number of nitrogens with one attached hydrogen (secondary N) is 1. The molecular weight excluding hydrogens is 388 g/mol.